The number of hydrogen-bond donors (Lipinski definition) is 1. The summed E-state index contributed by atoms with van der Waals surface area (Å²) in [6.45, 7) is 7.99. The first-order valence-electron chi connectivity index (χ1n) is 9.59. The van der Waals surface area contributed by atoms with Gasteiger partial charge in [0, 0.05) is 49.5 Å². The number of carbonyl (C=O) groups excluding carboxylic acids is 1. The number of rotatable bonds is 4. The maximum Gasteiger partial charge on any atom is 0.317 e. The summed E-state index contributed by atoms with van der Waals surface area (Å²) in [7, 11) is 0. The molecule has 1 aromatic heterocycles. The molecule has 1 aromatic rings. The third-order valence-corrected chi connectivity index (χ3v) is 5.67. The first-order valence-corrected chi connectivity index (χ1v) is 9.59. The molecule has 0 bridgehead atoms. The summed E-state index contributed by atoms with van der Waals surface area (Å²) in [6, 6.07) is 1.66. The Morgan fingerprint density at radius 2 is 2.24 bits per heavy atom. The lowest BCUT2D eigenvalue weighted by Crippen LogP contribution is -2.50. The molecule has 7 nitrogen and oxygen atoms in total. The van der Waals surface area contributed by atoms with E-state index in [1.807, 2.05) is 22.0 Å². The van der Waals surface area contributed by atoms with E-state index in [1.54, 1.807) is 0 Å². The summed E-state index contributed by atoms with van der Waals surface area (Å²) in [5.74, 6) is 0. The molecule has 7 heteroatoms. The summed E-state index contributed by atoms with van der Waals surface area (Å²) >= 11 is 0. The van der Waals surface area contributed by atoms with Crippen LogP contribution in [0.15, 0.2) is 12.4 Å². The summed E-state index contributed by atoms with van der Waals surface area (Å²) < 4.78 is 7.76. The lowest BCUT2D eigenvalue weighted by molar-refractivity contribution is -0.0158. The quantitative estimate of drug-likeness (QED) is 0.899. The minimum Gasteiger partial charge on any atom is -0.370 e. The average molecular weight is 347 g/mol. The molecule has 0 aromatic carbocycles. The van der Waals surface area contributed by atoms with Crippen molar-refractivity contribution >= 4 is 6.03 Å². The van der Waals surface area contributed by atoms with Crippen LogP contribution in [0.2, 0.25) is 0 Å². The van der Waals surface area contributed by atoms with Crippen LogP contribution >= 0.6 is 0 Å². The topological polar surface area (TPSA) is 62.6 Å². The predicted molar refractivity (Wildman–Crippen MR) is 94.3 cm³/mol. The Balaban J connectivity index is 1.32. The van der Waals surface area contributed by atoms with Gasteiger partial charge in [0.25, 0.3) is 0 Å². The van der Waals surface area contributed by atoms with Gasteiger partial charge in [0.1, 0.15) is 6.10 Å². The molecular formula is C18H29N5O2. The van der Waals surface area contributed by atoms with Crippen molar-refractivity contribution < 1.29 is 9.53 Å². The van der Waals surface area contributed by atoms with Crippen LogP contribution in [0.3, 0.4) is 0 Å². The van der Waals surface area contributed by atoms with E-state index in [1.165, 1.54) is 12.8 Å². The number of urea groups is 1. The van der Waals surface area contributed by atoms with Gasteiger partial charge < -0.3 is 15.0 Å². The number of nitrogens with one attached hydrogen (secondary N) is 1. The Kier molecular flexibility index (Phi) is 4.69. The zero-order valence-electron chi connectivity index (χ0n) is 15.2. The SMILES string of the molecule is CCn1cc(C2CN(C(=O)NC3CC(C)N(C4CC4)C3)CCO2)cn1. The molecule has 0 spiro atoms. The zero-order chi connectivity index (χ0) is 17.4. The van der Waals surface area contributed by atoms with Gasteiger partial charge in [-0.3, -0.25) is 9.58 Å². The van der Waals surface area contributed by atoms with Gasteiger partial charge in [-0.05, 0) is 33.1 Å². The Morgan fingerprint density at radius 1 is 1.40 bits per heavy atom. The van der Waals surface area contributed by atoms with Crippen LogP contribution in [-0.4, -0.2) is 70.0 Å². The van der Waals surface area contributed by atoms with Gasteiger partial charge >= 0.3 is 6.03 Å². The highest BCUT2D eigenvalue weighted by Crippen LogP contribution is 2.33. The normalized spacial score (nSPS) is 30.6. The van der Waals surface area contributed by atoms with Crippen LogP contribution in [0.25, 0.3) is 0 Å². The molecule has 1 saturated carbocycles. The smallest absolute Gasteiger partial charge is 0.317 e. The van der Waals surface area contributed by atoms with Crippen LogP contribution in [0.4, 0.5) is 4.79 Å². The van der Waals surface area contributed by atoms with Gasteiger partial charge in [0.05, 0.1) is 19.3 Å². The number of aromatic nitrogens is 2. The van der Waals surface area contributed by atoms with Gasteiger partial charge in [0.15, 0.2) is 0 Å². The van der Waals surface area contributed by atoms with E-state index < -0.39 is 0 Å². The molecule has 2 aliphatic heterocycles. The number of hydrogen-bond acceptors (Lipinski definition) is 4. The van der Waals surface area contributed by atoms with Gasteiger partial charge in [-0.15, -0.1) is 0 Å². The third-order valence-electron chi connectivity index (χ3n) is 5.67. The summed E-state index contributed by atoms with van der Waals surface area (Å²) in [4.78, 5) is 17.2. The van der Waals surface area contributed by atoms with Crippen molar-refractivity contribution in [1.82, 2.24) is 24.9 Å². The van der Waals surface area contributed by atoms with Crippen LogP contribution in [0.1, 0.15) is 44.8 Å². The fraction of sp³-hybridized carbons (Fsp3) is 0.778. The first kappa shape index (κ1) is 16.8. The third kappa shape index (κ3) is 3.67. The van der Waals surface area contributed by atoms with Crippen molar-refractivity contribution in [3.8, 4) is 0 Å². The van der Waals surface area contributed by atoms with Gasteiger partial charge in [0.2, 0.25) is 0 Å². The average Bonchev–Trinajstić information content (AvgIpc) is 3.23. The van der Waals surface area contributed by atoms with Crippen LogP contribution < -0.4 is 5.32 Å². The van der Waals surface area contributed by atoms with Crippen LogP contribution in [0.5, 0.6) is 0 Å². The molecule has 3 fully saturated rings. The summed E-state index contributed by atoms with van der Waals surface area (Å²) in [6.07, 6.45) is 7.48. The molecule has 25 heavy (non-hydrogen) atoms. The molecular weight excluding hydrogens is 318 g/mol. The second-order valence-electron chi connectivity index (χ2n) is 7.59. The standard InChI is InChI=1S/C18H29N5O2/c1-3-22-10-14(9-19-22)17-12-21(6-7-25-17)18(24)20-15-8-13(2)23(11-15)16-4-5-16/h9-10,13,15-17H,3-8,11-12H2,1-2H3,(H,20,24). The van der Waals surface area contributed by atoms with Crippen molar-refractivity contribution in [1.29, 1.82) is 0 Å². The molecule has 3 atom stereocenters. The second kappa shape index (κ2) is 6.96. The maximum absolute atomic E-state index is 12.7. The molecule has 1 N–H and O–H groups in total. The Bertz CT molecular complexity index is 614. The van der Waals surface area contributed by atoms with Crippen LogP contribution in [-0.2, 0) is 11.3 Å². The van der Waals surface area contributed by atoms with Crippen molar-refractivity contribution in [3.63, 3.8) is 0 Å². The minimum absolute atomic E-state index is 0.0473. The lowest BCUT2D eigenvalue weighted by atomic mass is 10.1. The number of ether oxygens (including phenoxy) is 1. The van der Waals surface area contributed by atoms with E-state index in [-0.39, 0.29) is 18.2 Å². The molecule has 4 rings (SSSR count). The molecule has 1 aliphatic carbocycles. The van der Waals surface area contributed by atoms with Crippen LogP contribution in [0, 0.1) is 0 Å². The molecule has 3 aliphatic rings. The van der Waals surface area contributed by atoms with E-state index in [0.29, 0.717) is 25.7 Å². The number of aryl methyl sites for hydroxylation is 1. The van der Waals surface area contributed by atoms with Gasteiger partial charge in [-0.2, -0.15) is 5.10 Å². The first-order chi connectivity index (χ1) is 12.1. The highest BCUT2D eigenvalue weighted by atomic mass is 16.5. The summed E-state index contributed by atoms with van der Waals surface area (Å²) in [5.41, 5.74) is 1.05. The Morgan fingerprint density at radius 3 is 2.96 bits per heavy atom. The number of morpholine rings is 1. The van der Waals surface area contributed by atoms with Crippen molar-refractivity contribution in [2.24, 2.45) is 0 Å². The fourth-order valence-electron chi connectivity index (χ4n) is 4.10. The molecule has 2 saturated heterocycles. The maximum atomic E-state index is 12.7. The number of nitrogens with zero attached hydrogens (tertiary/aromatic N) is 4. The number of amides is 2. The fourth-order valence-corrected chi connectivity index (χ4v) is 4.10. The van der Waals surface area contributed by atoms with E-state index in [4.69, 9.17) is 4.74 Å². The Labute approximate surface area is 149 Å². The van der Waals surface area contributed by atoms with Crippen molar-refractivity contribution in [3.05, 3.63) is 18.0 Å². The predicted octanol–water partition coefficient (Wildman–Crippen LogP) is 1.61. The van der Waals surface area contributed by atoms with E-state index in [9.17, 15) is 4.79 Å². The molecule has 3 heterocycles. The lowest BCUT2D eigenvalue weighted by Gasteiger charge is -2.33. The highest BCUT2D eigenvalue weighted by molar-refractivity contribution is 5.74. The monoisotopic (exact) mass is 347 g/mol. The molecule has 2 amide bonds. The van der Waals surface area contributed by atoms with Crippen molar-refractivity contribution in [2.75, 3.05) is 26.2 Å². The molecule has 0 radical (unpaired) electrons. The highest BCUT2D eigenvalue weighted by Gasteiger charge is 2.39. The molecule has 138 valence electrons. The zero-order valence-corrected chi connectivity index (χ0v) is 15.2. The summed E-state index contributed by atoms with van der Waals surface area (Å²) in [5, 5.41) is 7.56. The van der Waals surface area contributed by atoms with E-state index in [0.717, 1.165) is 31.1 Å². The second-order valence-corrected chi connectivity index (χ2v) is 7.59. The van der Waals surface area contributed by atoms with Gasteiger partial charge in [-0.25, -0.2) is 4.79 Å². The van der Waals surface area contributed by atoms with E-state index in [2.05, 4.69) is 29.2 Å². The van der Waals surface area contributed by atoms with Crippen molar-refractivity contribution in [2.45, 2.75) is 63.9 Å². The largest absolute Gasteiger partial charge is 0.370 e. The minimum atomic E-state index is -0.0785. The van der Waals surface area contributed by atoms with E-state index >= 15 is 0 Å². The molecule has 3 unspecified atom stereocenters. The number of likely N-dealkylation sites (tertiary alicyclic amines) is 1. The van der Waals surface area contributed by atoms with Gasteiger partial charge in [-0.1, -0.05) is 0 Å². The number of carbonyl (C=O) groups is 1. The Hall–Kier alpha value is -1.60.